The Bertz CT molecular complexity index is 1510. The Morgan fingerprint density at radius 1 is 1.14 bits per heavy atom. The van der Waals surface area contributed by atoms with Crippen LogP contribution in [0.15, 0.2) is 65.9 Å². The van der Waals surface area contributed by atoms with Crippen molar-refractivity contribution in [2.75, 3.05) is 41.1 Å². The van der Waals surface area contributed by atoms with Crippen LogP contribution in [0.1, 0.15) is 67.8 Å². The first-order valence-electron chi connectivity index (χ1n) is 17.3. The number of aryl methyl sites for hydroxylation is 1. The number of rotatable bonds is 16. The lowest BCUT2D eigenvalue weighted by atomic mass is 9.55. The van der Waals surface area contributed by atoms with E-state index >= 15 is 0 Å². The zero-order chi connectivity index (χ0) is 35.0. The topological polar surface area (TPSA) is 132 Å². The van der Waals surface area contributed by atoms with Crippen LogP contribution >= 0.6 is 0 Å². The SMILES string of the molecule is C=CCO[C@@]12Oc3ccc(OCc4cccc(C)n4)cc3[C@H]3[C@H](CCCCO)[C@@H](CCCCO)C=C(C(=NOC)C[C@@H]1N(C)C(=O)OC)[C@H]32. The van der Waals surface area contributed by atoms with Gasteiger partial charge in [0.1, 0.15) is 31.3 Å². The molecule has 2 N–H and O–H groups in total. The van der Waals surface area contributed by atoms with Crippen LogP contribution in [0.3, 0.4) is 0 Å². The Hall–Kier alpha value is -3.93. The smallest absolute Gasteiger partial charge is 0.409 e. The largest absolute Gasteiger partial charge is 0.487 e. The van der Waals surface area contributed by atoms with Crippen molar-refractivity contribution < 1.29 is 38.8 Å². The van der Waals surface area contributed by atoms with E-state index in [9.17, 15) is 15.0 Å². The second kappa shape index (κ2) is 16.7. The molecule has 2 heterocycles. The van der Waals surface area contributed by atoms with Gasteiger partial charge in [-0.1, -0.05) is 36.2 Å². The molecule has 5 rings (SSSR count). The van der Waals surface area contributed by atoms with Crippen LogP contribution in [0, 0.1) is 24.7 Å². The van der Waals surface area contributed by atoms with Gasteiger partial charge >= 0.3 is 6.09 Å². The average molecular weight is 678 g/mol. The lowest BCUT2D eigenvalue weighted by Gasteiger charge is -2.59. The summed E-state index contributed by atoms with van der Waals surface area (Å²) in [6, 6.07) is 11.1. The Morgan fingerprint density at radius 2 is 1.92 bits per heavy atom. The lowest BCUT2D eigenvalue weighted by molar-refractivity contribution is -0.253. The summed E-state index contributed by atoms with van der Waals surface area (Å²) in [5.74, 6) is -0.228. The highest BCUT2D eigenvalue weighted by molar-refractivity contribution is 6.02. The molecular weight excluding hydrogens is 626 g/mol. The standard InChI is InChI=1S/C38H51N3O8/c1-6-20-48-38-34(41(3)37(44)45-4)23-32(40-46-5)30-21-26(13-7-9-18-42)29(15-8-10-19-43)35(36(30)38)31-22-28(16-17-33(31)49-38)47-24-27-14-11-12-25(2)39-27/h6,11-12,14,16-17,21-22,26,29,34-36,42-43H,1,7-10,13,15,18-20,23-24H2,2-5H3/t26-,29+,34-,35+,36+,38+/m0/s1. The minimum absolute atomic E-state index is 0.116. The van der Waals surface area contributed by atoms with Crippen molar-refractivity contribution in [2.45, 2.75) is 76.2 Å². The number of nitrogens with zero attached hydrogens (tertiary/aromatic N) is 3. The van der Waals surface area contributed by atoms with Gasteiger partial charge in [-0.25, -0.2) is 4.79 Å². The first-order chi connectivity index (χ1) is 23.8. The van der Waals surface area contributed by atoms with Gasteiger partial charge in [0.25, 0.3) is 0 Å². The number of ether oxygens (including phenoxy) is 4. The molecule has 2 aliphatic carbocycles. The van der Waals surface area contributed by atoms with Crippen LogP contribution in [0.25, 0.3) is 0 Å². The lowest BCUT2D eigenvalue weighted by Crippen LogP contribution is -2.69. The molecule has 1 aromatic heterocycles. The molecule has 3 aliphatic rings. The van der Waals surface area contributed by atoms with E-state index in [1.54, 1.807) is 13.1 Å². The fourth-order valence-electron chi connectivity index (χ4n) is 8.04. The maximum absolute atomic E-state index is 13.2. The molecule has 0 radical (unpaired) electrons. The Morgan fingerprint density at radius 3 is 2.61 bits per heavy atom. The predicted molar refractivity (Wildman–Crippen MR) is 185 cm³/mol. The molecule has 1 amide bonds. The number of aromatic nitrogens is 1. The summed E-state index contributed by atoms with van der Waals surface area (Å²) < 4.78 is 25.4. The number of aliphatic hydroxyl groups excluding tert-OH is 2. The van der Waals surface area contributed by atoms with E-state index in [0.29, 0.717) is 37.4 Å². The summed E-state index contributed by atoms with van der Waals surface area (Å²) in [6.07, 6.45) is 8.59. The second-order valence-corrected chi connectivity index (χ2v) is 13.1. The van der Waals surface area contributed by atoms with Crippen molar-refractivity contribution in [2.24, 2.45) is 22.9 Å². The van der Waals surface area contributed by atoms with Crippen molar-refractivity contribution >= 4 is 11.8 Å². The molecule has 6 atom stereocenters. The Labute approximate surface area is 289 Å². The molecule has 1 saturated carbocycles. The fraction of sp³-hybridized carbons (Fsp3) is 0.553. The number of allylic oxidation sites excluding steroid dienone is 1. The van der Waals surface area contributed by atoms with Gasteiger partial charge in [0.05, 0.1) is 31.0 Å². The van der Waals surface area contributed by atoms with Gasteiger partial charge in [-0.3, -0.25) is 4.98 Å². The summed E-state index contributed by atoms with van der Waals surface area (Å²) in [7, 11) is 4.58. The molecule has 266 valence electrons. The van der Waals surface area contributed by atoms with Gasteiger partial charge in [0, 0.05) is 43.9 Å². The van der Waals surface area contributed by atoms with E-state index in [4.69, 9.17) is 23.8 Å². The van der Waals surface area contributed by atoms with Crippen LogP contribution in [0.5, 0.6) is 11.5 Å². The molecule has 0 spiro atoms. The van der Waals surface area contributed by atoms with E-state index in [1.807, 2.05) is 37.3 Å². The minimum atomic E-state index is -1.31. The highest BCUT2D eigenvalue weighted by Gasteiger charge is 2.65. The maximum atomic E-state index is 13.2. The van der Waals surface area contributed by atoms with Crippen LogP contribution in [0.4, 0.5) is 4.79 Å². The predicted octanol–water partition coefficient (Wildman–Crippen LogP) is 5.93. The number of aliphatic hydroxyl groups is 2. The van der Waals surface area contributed by atoms with Gasteiger partial charge in [0.2, 0.25) is 5.79 Å². The number of fused-ring (bicyclic) bond motifs is 2. The normalized spacial score (nSPS) is 26.1. The number of hydrogen-bond donors (Lipinski definition) is 2. The van der Waals surface area contributed by atoms with Crippen molar-refractivity contribution in [3.8, 4) is 11.5 Å². The number of carbonyl (C=O) groups excluding carboxylic acids is 1. The Kier molecular flexibility index (Phi) is 12.4. The number of hydrogen-bond acceptors (Lipinski definition) is 10. The molecule has 1 aromatic carbocycles. The second-order valence-electron chi connectivity index (χ2n) is 13.1. The highest BCUT2D eigenvalue weighted by Crippen LogP contribution is 2.61. The van der Waals surface area contributed by atoms with Gasteiger partial charge in [-0.15, -0.1) is 6.58 Å². The summed E-state index contributed by atoms with van der Waals surface area (Å²) in [5.41, 5.74) is 4.44. The first kappa shape index (κ1) is 36.4. The highest BCUT2D eigenvalue weighted by atomic mass is 16.7. The van der Waals surface area contributed by atoms with Gasteiger partial charge in [-0.05, 0) is 80.3 Å². The van der Waals surface area contributed by atoms with E-state index < -0.39 is 17.9 Å². The van der Waals surface area contributed by atoms with Gasteiger partial charge < -0.3 is 38.9 Å². The quantitative estimate of drug-likeness (QED) is 0.126. The third-order valence-electron chi connectivity index (χ3n) is 10.1. The van der Waals surface area contributed by atoms with Crippen LogP contribution in [0.2, 0.25) is 0 Å². The monoisotopic (exact) mass is 677 g/mol. The van der Waals surface area contributed by atoms with Crippen molar-refractivity contribution in [3.05, 3.63) is 77.7 Å². The minimum Gasteiger partial charge on any atom is -0.487 e. The molecular formula is C38H51N3O8. The number of carbonyl (C=O) groups is 1. The van der Waals surface area contributed by atoms with E-state index in [1.165, 1.54) is 19.1 Å². The van der Waals surface area contributed by atoms with Crippen molar-refractivity contribution in [1.82, 2.24) is 9.88 Å². The van der Waals surface area contributed by atoms with Crippen molar-refractivity contribution in [3.63, 3.8) is 0 Å². The van der Waals surface area contributed by atoms with Gasteiger partial charge in [0.15, 0.2) is 0 Å². The third kappa shape index (κ3) is 7.64. The number of oxime groups is 1. The number of amides is 1. The van der Waals surface area contributed by atoms with E-state index in [0.717, 1.165) is 53.9 Å². The number of unbranched alkanes of at least 4 members (excludes halogenated alkanes) is 2. The average Bonchev–Trinajstić information content (AvgIpc) is 3.11. The van der Waals surface area contributed by atoms with E-state index in [2.05, 4.69) is 28.9 Å². The third-order valence-corrected chi connectivity index (χ3v) is 10.1. The van der Waals surface area contributed by atoms with Gasteiger partial charge in [-0.2, -0.15) is 0 Å². The molecule has 1 fully saturated rings. The molecule has 0 saturated heterocycles. The number of pyridine rings is 1. The number of likely N-dealkylation sites (N-methyl/N-ethyl adjacent to an activating group) is 1. The molecule has 49 heavy (non-hydrogen) atoms. The molecule has 0 unspecified atom stereocenters. The summed E-state index contributed by atoms with van der Waals surface area (Å²) in [5, 5.41) is 24.0. The summed E-state index contributed by atoms with van der Waals surface area (Å²) >= 11 is 0. The molecule has 11 nitrogen and oxygen atoms in total. The van der Waals surface area contributed by atoms with E-state index in [-0.39, 0.29) is 43.5 Å². The Balaban J connectivity index is 1.70. The first-order valence-corrected chi connectivity index (χ1v) is 17.3. The van der Waals surface area contributed by atoms with Crippen molar-refractivity contribution in [1.29, 1.82) is 0 Å². The number of methoxy groups -OCH3 is 1. The molecule has 11 heteroatoms. The van der Waals surface area contributed by atoms with Crippen LogP contribution in [-0.2, 0) is 20.9 Å². The molecule has 0 bridgehead atoms. The fourth-order valence-corrected chi connectivity index (χ4v) is 8.04. The maximum Gasteiger partial charge on any atom is 0.409 e. The zero-order valence-electron chi connectivity index (χ0n) is 29.2. The van der Waals surface area contributed by atoms with Crippen LogP contribution < -0.4 is 9.47 Å². The summed E-state index contributed by atoms with van der Waals surface area (Å²) in [6.45, 7) is 6.64. The number of benzene rings is 1. The summed E-state index contributed by atoms with van der Waals surface area (Å²) in [4.78, 5) is 24.7. The zero-order valence-corrected chi connectivity index (χ0v) is 29.2. The molecule has 1 aliphatic heterocycles. The molecule has 2 aromatic rings. The van der Waals surface area contributed by atoms with Crippen LogP contribution in [-0.4, -0.2) is 84.8 Å².